The van der Waals surface area contributed by atoms with E-state index in [0.717, 1.165) is 9.13 Å². The number of para-hydroxylation sites is 4. The number of anilines is 6. The highest BCUT2D eigenvalue weighted by Crippen LogP contribution is 2.55. The number of rotatable bonds is 8. The standard InChI is InChI=1S/C94H63BN4O2/c1-94(2,3)64-54-85-89-86(55-64)99(91-68(61-30-14-7-15-31-61)45-47-74-72-35-19-23-39-88(72)101-93(74)91)84-57-66(97-80-37-21-17-33-70(80)76-53-63(41-51-82(76)97)59-26-10-5-11-27-59)43-49-78(84)95(89)77-48-42-65(96-79-36-20-16-32-69(79)75-52-62(40-50-81(75)96)58-24-8-4-9-25-58)56-83(77)98(85)90-67(60-28-12-6-13-29-60)44-46-73-71-34-18-22-38-87(71)100-92(73)90/h4-57H,1-3H3/i4D,5D,8D,9D,10D,11D,16D,17D,20D,21D,24D,25D,26D,27D,32D,33D,36D,37D,40D,41D,42D,43D,48D,49D,50D,51D,52D,53D,56D,57D. The highest BCUT2D eigenvalue weighted by atomic mass is 16.3. The van der Waals surface area contributed by atoms with E-state index >= 15 is 0 Å². The van der Waals surface area contributed by atoms with Crippen LogP contribution in [0.4, 0.5) is 34.1 Å². The minimum atomic E-state index is -1.82. The summed E-state index contributed by atoms with van der Waals surface area (Å²) in [5.41, 5.74) is -4.85. The molecule has 0 fully saturated rings. The molecule has 0 saturated carbocycles. The first-order valence-corrected chi connectivity index (χ1v) is 32.6. The van der Waals surface area contributed by atoms with Gasteiger partial charge in [-0.15, -0.1) is 0 Å². The van der Waals surface area contributed by atoms with Crippen LogP contribution in [0.2, 0.25) is 0 Å². The van der Waals surface area contributed by atoms with Crippen LogP contribution in [0.5, 0.6) is 0 Å². The van der Waals surface area contributed by atoms with Crippen molar-refractivity contribution >= 4 is 145 Å². The molecule has 0 spiro atoms. The second-order valence-corrected chi connectivity index (χ2v) is 25.9. The zero-order valence-electron chi connectivity index (χ0n) is 83.5. The molecular formula is C94H63BN4O2. The summed E-state index contributed by atoms with van der Waals surface area (Å²) in [6, 6.07) is 17.3. The van der Waals surface area contributed by atoms with Gasteiger partial charge in [0.15, 0.2) is 11.2 Å². The van der Waals surface area contributed by atoms with Gasteiger partial charge in [0, 0.05) is 88.3 Å². The van der Waals surface area contributed by atoms with E-state index in [4.69, 9.17) is 17.1 Å². The summed E-state index contributed by atoms with van der Waals surface area (Å²) in [6.07, 6.45) is 0. The minimum Gasteiger partial charge on any atom is -0.454 e. The number of benzene rings is 15. The van der Waals surface area contributed by atoms with E-state index in [0.29, 0.717) is 60.5 Å². The lowest BCUT2D eigenvalue weighted by molar-refractivity contribution is 0.590. The molecule has 6 heterocycles. The Bertz CT molecular complexity index is 8020. The third-order valence-electron chi connectivity index (χ3n) is 19.3. The molecule has 4 aromatic heterocycles. The van der Waals surface area contributed by atoms with E-state index in [9.17, 15) is 32.9 Å². The molecule has 0 saturated heterocycles. The van der Waals surface area contributed by atoms with Gasteiger partial charge >= 0.3 is 0 Å². The maximum atomic E-state index is 11.7. The first-order valence-electron chi connectivity index (χ1n) is 47.6. The predicted molar refractivity (Wildman–Crippen MR) is 424 cm³/mol. The molecule has 0 bridgehead atoms. The second kappa shape index (κ2) is 21.8. The van der Waals surface area contributed by atoms with E-state index < -0.39 is 271 Å². The number of aromatic nitrogens is 2. The lowest BCUT2D eigenvalue weighted by Gasteiger charge is -2.45. The van der Waals surface area contributed by atoms with Gasteiger partial charge in [-0.3, -0.25) is 0 Å². The summed E-state index contributed by atoms with van der Waals surface area (Å²) in [4.78, 5) is 3.37. The monoisotopic (exact) mass is 1320 g/mol. The normalized spacial score (nSPS) is 17.0. The molecule has 2 aliphatic heterocycles. The molecule has 0 atom stereocenters. The van der Waals surface area contributed by atoms with Gasteiger partial charge in [-0.1, -0.05) is 251 Å². The number of fused-ring (bicyclic) bond motifs is 16. The van der Waals surface area contributed by atoms with Gasteiger partial charge < -0.3 is 27.8 Å². The fraction of sp³-hybridized carbons (Fsp3) is 0.0426. The average Bonchev–Trinajstić information content (AvgIpc) is 1.64. The van der Waals surface area contributed by atoms with Crippen LogP contribution in [0, 0.1) is 0 Å². The van der Waals surface area contributed by atoms with E-state index in [1.54, 1.807) is 70.5 Å². The summed E-state index contributed by atoms with van der Waals surface area (Å²) in [5.74, 6) is 0. The van der Waals surface area contributed by atoms with Crippen LogP contribution in [-0.4, -0.2) is 15.8 Å². The fourth-order valence-corrected chi connectivity index (χ4v) is 14.8. The molecule has 19 aromatic rings. The first-order chi connectivity index (χ1) is 62.3. The summed E-state index contributed by atoms with van der Waals surface area (Å²) in [5, 5.41) is 0.0386. The molecule has 0 radical (unpaired) electrons. The number of nitrogens with zero attached hydrogens (tertiary/aromatic N) is 4. The average molecular weight is 1320 g/mol. The summed E-state index contributed by atoms with van der Waals surface area (Å²) in [6.45, 7) is 3.96. The Morgan fingerprint density at radius 2 is 0.743 bits per heavy atom. The lowest BCUT2D eigenvalue weighted by atomic mass is 9.33. The molecule has 0 aliphatic carbocycles. The molecule has 15 aromatic carbocycles. The fourth-order valence-electron chi connectivity index (χ4n) is 14.8. The Hall–Kier alpha value is -12.8. The molecule has 0 amide bonds. The number of hydrogen-bond donors (Lipinski definition) is 0. The van der Waals surface area contributed by atoms with E-state index in [2.05, 4.69) is 0 Å². The third-order valence-corrected chi connectivity index (χ3v) is 19.3. The van der Waals surface area contributed by atoms with Crippen molar-refractivity contribution in [2.24, 2.45) is 0 Å². The van der Waals surface area contributed by atoms with Crippen LogP contribution in [0.1, 0.15) is 67.5 Å². The molecule has 0 unspecified atom stereocenters. The molecule has 21 rings (SSSR count). The quantitative estimate of drug-likeness (QED) is 0.142. The maximum absolute atomic E-state index is 11.7. The van der Waals surface area contributed by atoms with Crippen LogP contribution in [0.15, 0.2) is 336 Å². The third kappa shape index (κ3) is 8.60. The molecule has 0 N–H and O–H groups in total. The lowest BCUT2D eigenvalue weighted by Crippen LogP contribution is -2.61. The number of furan rings is 2. The largest absolute Gasteiger partial charge is 0.454 e. The van der Waals surface area contributed by atoms with Gasteiger partial charge in [0.1, 0.15) is 11.2 Å². The van der Waals surface area contributed by atoms with Gasteiger partial charge in [-0.25, -0.2) is 0 Å². The number of hydrogen-bond acceptors (Lipinski definition) is 4. The zero-order chi connectivity index (χ0) is 92.9. The van der Waals surface area contributed by atoms with Crippen molar-refractivity contribution in [3.05, 3.63) is 332 Å². The van der Waals surface area contributed by atoms with Crippen molar-refractivity contribution in [2.45, 2.75) is 26.2 Å². The maximum Gasteiger partial charge on any atom is 0.252 e. The van der Waals surface area contributed by atoms with Crippen molar-refractivity contribution in [1.29, 1.82) is 0 Å². The van der Waals surface area contributed by atoms with Crippen molar-refractivity contribution in [1.82, 2.24) is 9.13 Å². The highest BCUT2D eigenvalue weighted by molar-refractivity contribution is 7.00. The Morgan fingerprint density at radius 1 is 0.327 bits per heavy atom. The Labute approximate surface area is 626 Å². The Balaban J connectivity index is 0.998. The summed E-state index contributed by atoms with van der Waals surface area (Å²) >= 11 is 0. The van der Waals surface area contributed by atoms with Crippen LogP contribution in [0.3, 0.4) is 0 Å². The van der Waals surface area contributed by atoms with Gasteiger partial charge in [0.05, 0.1) is 74.6 Å². The highest BCUT2D eigenvalue weighted by Gasteiger charge is 2.47. The van der Waals surface area contributed by atoms with Crippen molar-refractivity contribution in [3.63, 3.8) is 0 Å². The topological polar surface area (TPSA) is 42.6 Å². The van der Waals surface area contributed by atoms with Crippen LogP contribution < -0.4 is 26.2 Å². The van der Waals surface area contributed by atoms with E-state index in [-0.39, 0.29) is 61.7 Å². The van der Waals surface area contributed by atoms with E-state index in [1.807, 2.05) is 106 Å². The van der Waals surface area contributed by atoms with Crippen LogP contribution in [0.25, 0.3) is 143 Å². The smallest absolute Gasteiger partial charge is 0.252 e. The van der Waals surface area contributed by atoms with Crippen molar-refractivity contribution in [3.8, 4) is 55.9 Å². The van der Waals surface area contributed by atoms with E-state index in [1.165, 1.54) is 0 Å². The van der Waals surface area contributed by atoms with Crippen molar-refractivity contribution in [2.75, 3.05) is 9.80 Å². The van der Waals surface area contributed by atoms with Crippen LogP contribution >= 0.6 is 0 Å². The predicted octanol–water partition coefficient (Wildman–Crippen LogP) is 23.7. The zero-order valence-corrected chi connectivity index (χ0v) is 53.5. The first kappa shape index (κ1) is 35.1. The SMILES string of the molecule is [2H]c1c([2H])c([2H])c(-c2c([2H])c([2H])c3c(c2[2H])c2c([2H])c([2H])c([2H])c([2H])c2n3-c2c([2H])c([2H])c3c(c2[2H])N(c2c(-c4ccccc4)ccc4c2oc2ccccc24)c2cc(C(C)(C)C)cc4c2B3c2c([2H])c([2H])c(-n3c5c([2H])c([2H])c([2H])c([2H])c5c5c([2H])c(-c6c([2H])c([2H])c([2H])c([2H])c6[2H])c([2H])c([2H])c53)c([2H])c2N4c2c(-c3ccccc3)ccc3c2oc2ccccc23)c([2H])c1[2H]. The van der Waals surface area contributed by atoms with Crippen molar-refractivity contribution < 1.29 is 50.0 Å². The van der Waals surface area contributed by atoms with Gasteiger partial charge in [-0.2, -0.15) is 0 Å². The molecule has 7 heteroatoms. The second-order valence-electron chi connectivity index (χ2n) is 25.9. The van der Waals surface area contributed by atoms with Gasteiger partial charge in [0.2, 0.25) is 0 Å². The summed E-state index contributed by atoms with van der Waals surface area (Å²) < 4.78 is 312. The Morgan fingerprint density at radius 3 is 1.20 bits per heavy atom. The Kier molecular flexibility index (Phi) is 7.59. The molecule has 101 heavy (non-hydrogen) atoms. The molecule has 474 valence electrons. The molecule has 2 aliphatic rings. The summed E-state index contributed by atoms with van der Waals surface area (Å²) in [7, 11) is 0. The van der Waals surface area contributed by atoms with Gasteiger partial charge in [0.25, 0.3) is 6.71 Å². The molecular weight excluding hydrogens is 1230 g/mol. The van der Waals surface area contributed by atoms with Gasteiger partial charge in [-0.05, 0) is 158 Å². The molecule has 6 nitrogen and oxygen atoms in total. The van der Waals surface area contributed by atoms with Crippen LogP contribution in [-0.2, 0) is 5.41 Å². The minimum absolute atomic E-state index is 0.135.